The van der Waals surface area contributed by atoms with Gasteiger partial charge in [0.25, 0.3) is 0 Å². The Bertz CT molecular complexity index is 330. The van der Waals surface area contributed by atoms with Gasteiger partial charge in [-0.05, 0) is 43.9 Å². The highest BCUT2D eigenvalue weighted by Crippen LogP contribution is 2.51. The van der Waals surface area contributed by atoms with Gasteiger partial charge < -0.3 is 10.6 Å². The molecule has 1 heterocycles. The van der Waals surface area contributed by atoms with Crippen molar-refractivity contribution in [2.24, 2.45) is 23.0 Å². The molecule has 0 aromatic rings. The molecule has 3 unspecified atom stereocenters. The van der Waals surface area contributed by atoms with Gasteiger partial charge in [-0.2, -0.15) is 0 Å². The molecule has 0 aromatic heterocycles. The normalized spacial score (nSPS) is 36.8. The van der Waals surface area contributed by atoms with Gasteiger partial charge in [0.2, 0.25) is 5.91 Å². The van der Waals surface area contributed by atoms with E-state index in [9.17, 15) is 4.79 Å². The zero-order valence-corrected chi connectivity index (χ0v) is 12.0. The minimum absolute atomic E-state index is 0. The summed E-state index contributed by atoms with van der Waals surface area (Å²) in [5.74, 6) is 1.71. The maximum Gasteiger partial charge on any atom is 0.228 e. The molecule has 3 atom stereocenters. The zero-order chi connectivity index (χ0) is 12.0. The molecule has 0 bridgehead atoms. The van der Waals surface area contributed by atoms with E-state index in [1.54, 1.807) is 0 Å². The first-order chi connectivity index (χ1) is 8.16. The number of hydrogen-bond acceptors (Lipinski definition) is 2. The van der Waals surface area contributed by atoms with Crippen LogP contribution >= 0.6 is 12.4 Å². The van der Waals surface area contributed by atoms with Crippen molar-refractivity contribution in [3.8, 4) is 0 Å². The third-order valence-corrected chi connectivity index (χ3v) is 5.43. The lowest BCUT2D eigenvalue weighted by Crippen LogP contribution is -2.39. The van der Waals surface area contributed by atoms with Crippen LogP contribution in [-0.4, -0.2) is 29.9 Å². The van der Waals surface area contributed by atoms with E-state index in [2.05, 4.69) is 11.8 Å². The fourth-order valence-electron chi connectivity index (χ4n) is 3.89. The predicted molar refractivity (Wildman–Crippen MR) is 74.6 cm³/mol. The molecule has 0 radical (unpaired) electrons. The van der Waals surface area contributed by atoms with Gasteiger partial charge in [-0.1, -0.05) is 13.3 Å². The van der Waals surface area contributed by atoms with Crippen molar-refractivity contribution in [1.29, 1.82) is 0 Å². The molecule has 1 aliphatic heterocycles. The monoisotopic (exact) mass is 272 g/mol. The summed E-state index contributed by atoms with van der Waals surface area (Å²) < 4.78 is 0. The van der Waals surface area contributed by atoms with E-state index in [1.165, 1.54) is 12.8 Å². The Balaban J connectivity index is 0.00000120. The van der Waals surface area contributed by atoms with Crippen LogP contribution in [0.25, 0.3) is 0 Å². The number of halogens is 1. The van der Waals surface area contributed by atoms with Crippen LogP contribution in [0, 0.1) is 17.3 Å². The summed E-state index contributed by atoms with van der Waals surface area (Å²) in [7, 11) is 0. The lowest BCUT2D eigenvalue weighted by molar-refractivity contribution is -0.136. The van der Waals surface area contributed by atoms with Crippen molar-refractivity contribution < 1.29 is 4.79 Å². The van der Waals surface area contributed by atoms with Crippen LogP contribution in [0.3, 0.4) is 0 Å². The van der Waals surface area contributed by atoms with E-state index < -0.39 is 0 Å². The molecule has 4 heteroatoms. The Morgan fingerprint density at radius 3 is 2.61 bits per heavy atom. The maximum atomic E-state index is 12.5. The third kappa shape index (κ3) is 2.16. The van der Waals surface area contributed by atoms with Crippen molar-refractivity contribution in [1.82, 2.24) is 4.90 Å². The number of fused-ring (bicyclic) bond motifs is 1. The Labute approximate surface area is 116 Å². The standard InChI is InChI=1S/C14H24N2O.ClH/c1-2-14(6-7-14)13(17)16-8-10-4-3-5-12(15)11(10)9-16;/h10-12H,2-9,15H2,1H3;1H. The van der Waals surface area contributed by atoms with E-state index in [0.717, 1.165) is 38.8 Å². The summed E-state index contributed by atoms with van der Waals surface area (Å²) in [6.07, 6.45) is 6.93. The summed E-state index contributed by atoms with van der Waals surface area (Å²) in [5.41, 5.74) is 6.24. The van der Waals surface area contributed by atoms with Gasteiger partial charge in [-0.15, -0.1) is 12.4 Å². The molecule has 3 fully saturated rings. The maximum absolute atomic E-state index is 12.5. The molecule has 3 aliphatic rings. The fraction of sp³-hybridized carbons (Fsp3) is 0.929. The lowest BCUT2D eigenvalue weighted by atomic mass is 9.78. The zero-order valence-electron chi connectivity index (χ0n) is 11.2. The van der Waals surface area contributed by atoms with Gasteiger partial charge >= 0.3 is 0 Å². The predicted octanol–water partition coefficient (Wildman–Crippen LogP) is 2.18. The summed E-state index contributed by atoms with van der Waals surface area (Å²) in [6.45, 7) is 4.07. The van der Waals surface area contributed by atoms with Crippen molar-refractivity contribution >= 4 is 18.3 Å². The molecular weight excluding hydrogens is 248 g/mol. The van der Waals surface area contributed by atoms with Gasteiger partial charge in [-0.3, -0.25) is 4.79 Å². The fourth-order valence-corrected chi connectivity index (χ4v) is 3.89. The minimum atomic E-state index is 0. The smallest absolute Gasteiger partial charge is 0.228 e. The van der Waals surface area contributed by atoms with Gasteiger partial charge in [0, 0.05) is 24.5 Å². The summed E-state index contributed by atoms with van der Waals surface area (Å²) in [4.78, 5) is 14.6. The van der Waals surface area contributed by atoms with E-state index in [-0.39, 0.29) is 17.8 Å². The molecule has 1 amide bonds. The van der Waals surface area contributed by atoms with Gasteiger partial charge in [0.05, 0.1) is 0 Å². The number of likely N-dealkylation sites (tertiary alicyclic amines) is 1. The molecule has 1 saturated heterocycles. The number of carbonyl (C=O) groups excluding carboxylic acids is 1. The van der Waals surface area contributed by atoms with Crippen LogP contribution in [0.5, 0.6) is 0 Å². The van der Waals surface area contributed by atoms with Gasteiger partial charge in [0.1, 0.15) is 0 Å². The molecule has 3 rings (SSSR count). The van der Waals surface area contributed by atoms with E-state index >= 15 is 0 Å². The summed E-state index contributed by atoms with van der Waals surface area (Å²) >= 11 is 0. The molecular formula is C14H25ClN2O. The van der Waals surface area contributed by atoms with Crippen molar-refractivity contribution in [2.45, 2.75) is 51.5 Å². The molecule has 3 nitrogen and oxygen atoms in total. The molecule has 2 aliphatic carbocycles. The average molecular weight is 273 g/mol. The first-order valence-electron chi connectivity index (χ1n) is 7.21. The van der Waals surface area contributed by atoms with E-state index in [0.29, 0.717) is 23.8 Å². The number of carbonyl (C=O) groups is 1. The molecule has 104 valence electrons. The van der Waals surface area contributed by atoms with Crippen LogP contribution < -0.4 is 5.73 Å². The largest absolute Gasteiger partial charge is 0.342 e. The quantitative estimate of drug-likeness (QED) is 0.838. The van der Waals surface area contributed by atoms with E-state index in [4.69, 9.17) is 5.73 Å². The van der Waals surface area contributed by atoms with Gasteiger partial charge in [-0.25, -0.2) is 0 Å². The highest BCUT2D eigenvalue weighted by molar-refractivity contribution is 5.85. The van der Waals surface area contributed by atoms with Crippen molar-refractivity contribution in [3.63, 3.8) is 0 Å². The molecule has 18 heavy (non-hydrogen) atoms. The Hall–Kier alpha value is -0.280. The average Bonchev–Trinajstić information content (AvgIpc) is 3.01. The molecule has 2 N–H and O–H groups in total. The van der Waals surface area contributed by atoms with Gasteiger partial charge in [0.15, 0.2) is 0 Å². The highest BCUT2D eigenvalue weighted by atomic mass is 35.5. The highest BCUT2D eigenvalue weighted by Gasteiger charge is 2.52. The number of nitrogens with two attached hydrogens (primary N) is 1. The minimum Gasteiger partial charge on any atom is -0.342 e. The second-order valence-electron chi connectivity index (χ2n) is 6.36. The second kappa shape index (κ2) is 5.01. The topological polar surface area (TPSA) is 46.3 Å². The number of hydrogen-bond donors (Lipinski definition) is 1. The van der Waals surface area contributed by atoms with Crippen LogP contribution in [0.4, 0.5) is 0 Å². The Morgan fingerprint density at radius 2 is 2.06 bits per heavy atom. The van der Waals surface area contributed by atoms with Crippen molar-refractivity contribution in [2.75, 3.05) is 13.1 Å². The van der Waals surface area contributed by atoms with Crippen molar-refractivity contribution in [3.05, 3.63) is 0 Å². The molecule has 0 aromatic carbocycles. The third-order valence-electron chi connectivity index (χ3n) is 5.43. The van der Waals surface area contributed by atoms with Crippen LogP contribution in [0.15, 0.2) is 0 Å². The summed E-state index contributed by atoms with van der Waals surface area (Å²) in [6, 6.07) is 0.336. The van der Waals surface area contributed by atoms with Crippen LogP contribution in [-0.2, 0) is 4.79 Å². The van der Waals surface area contributed by atoms with Crippen LogP contribution in [0.2, 0.25) is 0 Å². The molecule has 0 spiro atoms. The Kier molecular flexibility index (Phi) is 3.93. The summed E-state index contributed by atoms with van der Waals surface area (Å²) in [5, 5.41) is 0. The SMILES string of the molecule is CCC1(C(=O)N2CC3CCCC(N)C3C2)CC1.Cl. The van der Waals surface area contributed by atoms with Crippen LogP contribution in [0.1, 0.15) is 45.4 Å². The first kappa shape index (κ1) is 14.1. The lowest BCUT2D eigenvalue weighted by Gasteiger charge is -2.29. The molecule has 2 saturated carbocycles. The number of rotatable bonds is 2. The Morgan fingerprint density at radius 1 is 1.33 bits per heavy atom. The van der Waals surface area contributed by atoms with E-state index in [1.807, 2.05) is 0 Å². The number of nitrogens with zero attached hydrogens (tertiary/aromatic N) is 1. The number of amides is 1. The first-order valence-corrected chi connectivity index (χ1v) is 7.21. The second-order valence-corrected chi connectivity index (χ2v) is 6.36.